The van der Waals surface area contributed by atoms with Crippen molar-refractivity contribution < 1.29 is 5.21 Å². The van der Waals surface area contributed by atoms with Crippen LogP contribution in [0.1, 0.15) is 37.0 Å². The van der Waals surface area contributed by atoms with Crippen LogP contribution in [0.2, 0.25) is 0 Å². The normalized spacial score (nSPS) is 12.1. The van der Waals surface area contributed by atoms with E-state index >= 15 is 0 Å². The predicted molar refractivity (Wildman–Crippen MR) is 72.7 cm³/mol. The van der Waals surface area contributed by atoms with Gasteiger partial charge >= 0.3 is 0 Å². The summed E-state index contributed by atoms with van der Waals surface area (Å²) in [5.41, 5.74) is 7.12. The van der Waals surface area contributed by atoms with Gasteiger partial charge in [-0.1, -0.05) is 19.0 Å². The van der Waals surface area contributed by atoms with Crippen LogP contribution < -0.4 is 5.73 Å². The number of nitrogens with two attached hydrogens (primary N) is 1. The molecule has 2 aromatic rings. The summed E-state index contributed by atoms with van der Waals surface area (Å²) in [6, 6.07) is 5.45. The van der Waals surface area contributed by atoms with E-state index in [1.54, 1.807) is 10.6 Å². The lowest BCUT2D eigenvalue weighted by Gasteiger charge is -2.11. The molecule has 0 saturated heterocycles. The largest absolute Gasteiger partial charge is 0.409 e. The van der Waals surface area contributed by atoms with E-state index < -0.39 is 0 Å². The Morgan fingerprint density at radius 1 is 1.42 bits per heavy atom. The van der Waals surface area contributed by atoms with Crippen LogP contribution in [0.15, 0.2) is 29.6 Å². The maximum Gasteiger partial charge on any atom is 0.187 e. The van der Waals surface area contributed by atoms with Gasteiger partial charge in [0.2, 0.25) is 0 Å². The molecule has 0 aliphatic carbocycles. The van der Waals surface area contributed by atoms with Crippen molar-refractivity contribution in [1.82, 2.24) is 14.5 Å². The summed E-state index contributed by atoms with van der Waals surface area (Å²) in [7, 11) is 0. The molecule has 0 amide bonds. The molecule has 3 N–H and O–H groups in total. The number of hydrogen-bond donors (Lipinski definition) is 2. The predicted octanol–water partition coefficient (Wildman–Crippen LogP) is 1.79. The van der Waals surface area contributed by atoms with Crippen molar-refractivity contribution in [3.63, 3.8) is 0 Å². The summed E-state index contributed by atoms with van der Waals surface area (Å²) < 4.78 is 1.77. The van der Waals surface area contributed by atoms with E-state index in [4.69, 9.17) is 10.9 Å². The Labute approximate surface area is 111 Å². The SMILES string of the molecule is Cc1cc(-n2cccc2/C(N)=N/O)nc(C(C)C)n1. The number of hydrogen-bond acceptors (Lipinski definition) is 4. The van der Waals surface area contributed by atoms with Crippen LogP contribution in [0.4, 0.5) is 0 Å². The first-order chi connectivity index (χ1) is 9.02. The average Bonchev–Trinajstić information content (AvgIpc) is 2.86. The molecular formula is C13H17N5O. The van der Waals surface area contributed by atoms with Crippen LogP contribution in [-0.2, 0) is 0 Å². The van der Waals surface area contributed by atoms with E-state index in [1.165, 1.54) is 0 Å². The summed E-state index contributed by atoms with van der Waals surface area (Å²) in [6.07, 6.45) is 1.82. The number of aromatic nitrogens is 3. The van der Waals surface area contributed by atoms with Gasteiger partial charge in [-0.25, -0.2) is 9.97 Å². The molecule has 0 fully saturated rings. The smallest absolute Gasteiger partial charge is 0.187 e. The Kier molecular flexibility index (Phi) is 3.50. The monoisotopic (exact) mass is 259 g/mol. The Morgan fingerprint density at radius 3 is 2.79 bits per heavy atom. The maximum atomic E-state index is 8.79. The molecule has 100 valence electrons. The van der Waals surface area contributed by atoms with Crippen LogP contribution in [0.3, 0.4) is 0 Å². The van der Waals surface area contributed by atoms with Gasteiger partial charge in [0.25, 0.3) is 0 Å². The third-order valence-corrected chi connectivity index (χ3v) is 2.74. The van der Waals surface area contributed by atoms with Crippen LogP contribution in [0.25, 0.3) is 5.82 Å². The first kappa shape index (κ1) is 13.1. The van der Waals surface area contributed by atoms with E-state index in [9.17, 15) is 0 Å². The van der Waals surface area contributed by atoms with E-state index in [0.29, 0.717) is 11.5 Å². The fraction of sp³-hybridized carbons (Fsp3) is 0.308. The lowest BCUT2D eigenvalue weighted by Crippen LogP contribution is -2.18. The summed E-state index contributed by atoms with van der Waals surface area (Å²) in [4.78, 5) is 8.92. The zero-order valence-electron chi connectivity index (χ0n) is 11.2. The zero-order valence-corrected chi connectivity index (χ0v) is 11.2. The highest BCUT2D eigenvalue weighted by molar-refractivity contribution is 5.96. The highest BCUT2D eigenvalue weighted by Gasteiger charge is 2.11. The molecule has 0 aliphatic heterocycles. The highest BCUT2D eigenvalue weighted by Crippen LogP contribution is 2.15. The minimum atomic E-state index is 0.0485. The molecule has 2 aromatic heterocycles. The van der Waals surface area contributed by atoms with E-state index in [1.807, 2.05) is 39.1 Å². The van der Waals surface area contributed by atoms with Crippen molar-refractivity contribution in [1.29, 1.82) is 0 Å². The van der Waals surface area contributed by atoms with Crippen molar-refractivity contribution >= 4 is 5.84 Å². The standard InChI is InChI=1S/C13H17N5O/c1-8(2)13-15-9(3)7-11(16-13)18-6-4-5-10(18)12(14)17-19/h4-8,19H,1-3H3,(H2,14,17). The molecule has 0 aromatic carbocycles. The van der Waals surface area contributed by atoms with Crippen molar-refractivity contribution in [2.24, 2.45) is 10.9 Å². The van der Waals surface area contributed by atoms with Crippen LogP contribution in [0, 0.1) is 6.92 Å². The fourth-order valence-electron chi connectivity index (χ4n) is 1.80. The Balaban J connectivity index is 2.56. The lowest BCUT2D eigenvalue weighted by atomic mass is 10.2. The highest BCUT2D eigenvalue weighted by atomic mass is 16.4. The molecule has 0 saturated carbocycles. The zero-order chi connectivity index (χ0) is 14.0. The van der Waals surface area contributed by atoms with Crippen molar-refractivity contribution in [3.05, 3.63) is 41.6 Å². The first-order valence-corrected chi connectivity index (χ1v) is 6.04. The second-order valence-electron chi connectivity index (χ2n) is 4.63. The van der Waals surface area contributed by atoms with Crippen molar-refractivity contribution in [2.45, 2.75) is 26.7 Å². The summed E-state index contributed by atoms with van der Waals surface area (Å²) >= 11 is 0. The molecule has 2 rings (SSSR count). The average molecular weight is 259 g/mol. The van der Waals surface area contributed by atoms with Gasteiger partial charge in [0.05, 0.1) is 5.69 Å². The molecule has 0 aliphatic rings. The number of aryl methyl sites for hydroxylation is 1. The molecule has 0 bridgehead atoms. The van der Waals surface area contributed by atoms with Crippen molar-refractivity contribution in [2.75, 3.05) is 0 Å². The maximum absolute atomic E-state index is 8.79. The Morgan fingerprint density at radius 2 is 2.16 bits per heavy atom. The summed E-state index contributed by atoms with van der Waals surface area (Å²) in [5.74, 6) is 1.77. The van der Waals surface area contributed by atoms with E-state index in [-0.39, 0.29) is 11.8 Å². The van der Waals surface area contributed by atoms with E-state index in [0.717, 1.165) is 11.5 Å². The molecule has 0 radical (unpaired) electrons. The van der Waals surface area contributed by atoms with Crippen molar-refractivity contribution in [3.8, 4) is 5.82 Å². The van der Waals surface area contributed by atoms with Crippen LogP contribution >= 0.6 is 0 Å². The molecule has 19 heavy (non-hydrogen) atoms. The Hall–Kier alpha value is -2.37. The quantitative estimate of drug-likeness (QED) is 0.380. The number of nitrogens with zero attached hydrogens (tertiary/aromatic N) is 4. The third kappa shape index (κ3) is 2.57. The summed E-state index contributed by atoms with van der Waals surface area (Å²) in [6.45, 7) is 6.00. The number of rotatable bonds is 3. The van der Waals surface area contributed by atoms with Gasteiger partial charge in [0.1, 0.15) is 11.6 Å². The van der Waals surface area contributed by atoms with Gasteiger partial charge < -0.3 is 10.9 Å². The van der Waals surface area contributed by atoms with Gasteiger partial charge in [-0.05, 0) is 19.1 Å². The van der Waals surface area contributed by atoms with Crippen LogP contribution in [-0.4, -0.2) is 25.6 Å². The van der Waals surface area contributed by atoms with Gasteiger partial charge in [0.15, 0.2) is 5.84 Å². The summed E-state index contributed by atoms with van der Waals surface area (Å²) in [5, 5.41) is 11.8. The second-order valence-corrected chi connectivity index (χ2v) is 4.63. The first-order valence-electron chi connectivity index (χ1n) is 6.04. The van der Waals surface area contributed by atoms with Gasteiger partial charge in [0, 0.05) is 23.9 Å². The lowest BCUT2D eigenvalue weighted by molar-refractivity contribution is 0.318. The fourth-order valence-corrected chi connectivity index (χ4v) is 1.80. The minimum Gasteiger partial charge on any atom is -0.409 e. The molecule has 0 unspecified atom stereocenters. The second kappa shape index (κ2) is 5.09. The number of oxime groups is 1. The topological polar surface area (TPSA) is 89.3 Å². The molecular weight excluding hydrogens is 242 g/mol. The molecule has 6 nitrogen and oxygen atoms in total. The van der Waals surface area contributed by atoms with Gasteiger partial charge in [-0.3, -0.25) is 4.57 Å². The molecule has 0 atom stereocenters. The number of amidine groups is 1. The molecule has 0 spiro atoms. The molecule has 6 heteroatoms. The Bertz CT molecular complexity index is 615. The minimum absolute atomic E-state index is 0.0485. The van der Waals surface area contributed by atoms with Gasteiger partial charge in [-0.15, -0.1) is 0 Å². The van der Waals surface area contributed by atoms with Gasteiger partial charge in [-0.2, -0.15) is 0 Å². The van der Waals surface area contributed by atoms with E-state index in [2.05, 4.69) is 15.1 Å². The molecule has 2 heterocycles. The van der Waals surface area contributed by atoms with Crippen LogP contribution in [0.5, 0.6) is 0 Å². The third-order valence-electron chi connectivity index (χ3n) is 2.74.